The van der Waals surface area contributed by atoms with Gasteiger partial charge in [0, 0.05) is 6.54 Å². The average molecular weight is 215 g/mol. The molecule has 1 atom stereocenters. The summed E-state index contributed by atoms with van der Waals surface area (Å²) in [5.74, 6) is 1.39. The number of fused-ring (bicyclic) bond motifs is 1. The minimum atomic E-state index is 0.484. The van der Waals surface area contributed by atoms with Crippen molar-refractivity contribution in [1.29, 1.82) is 0 Å². The van der Waals surface area contributed by atoms with Crippen molar-refractivity contribution >= 4 is 17.0 Å². The predicted octanol–water partition coefficient (Wildman–Crippen LogP) is 2.66. The van der Waals surface area contributed by atoms with Crippen LogP contribution < -0.4 is 5.73 Å². The Hall–Kier alpha value is -1.51. The minimum absolute atomic E-state index is 0.484. The first-order chi connectivity index (χ1) is 7.58. The van der Waals surface area contributed by atoms with E-state index in [4.69, 9.17) is 5.73 Å². The van der Waals surface area contributed by atoms with Gasteiger partial charge in [0.15, 0.2) is 0 Å². The van der Waals surface area contributed by atoms with Crippen molar-refractivity contribution in [2.75, 3.05) is 5.73 Å². The van der Waals surface area contributed by atoms with E-state index >= 15 is 0 Å². The van der Waals surface area contributed by atoms with Crippen molar-refractivity contribution < 1.29 is 0 Å². The lowest BCUT2D eigenvalue weighted by atomic mass is 10.1. The number of imidazole rings is 1. The summed E-state index contributed by atoms with van der Waals surface area (Å²) in [5, 5.41) is 0. The Bertz CT molecular complexity index is 539. The van der Waals surface area contributed by atoms with Crippen molar-refractivity contribution in [3.8, 4) is 0 Å². The highest BCUT2D eigenvalue weighted by atomic mass is 15.2. The van der Waals surface area contributed by atoms with Crippen molar-refractivity contribution in [1.82, 2.24) is 9.55 Å². The van der Waals surface area contributed by atoms with E-state index in [1.807, 2.05) is 18.2 Å². The molecule has 0 saturated heterocycles. The second-order valence-corrected chi connectivity index (χ2v) is 5.46. The summed E-state index contributed by atoms with van der Waals surface area (Å²) in [6, 6.07) is 8.15. The van der Waals surface area contributed by atoms with E-state index in [-0.39, 0.29) is 0 Å². The van der Waals surface area contributed by atoms with E-state index in [0.29, 0.717) is 11.4 Å². The summed E-state index contributed by atoms with van der Waals surface area (Å²) < 4.78 is 2.15. The molecule has 2 aromatic rings. The third kappa shape index (κ3) is 1.39. The molecular weight excluding hydrogens is 198 g/mol. The lowest BCUT2D eigenvalue weighted by molar-refractivity contribution is 0.507. The van der Waals surface area contributed by atoms with Crippen LogP contribution in [0.1, 0.15) is 20.3 Å². The fraction of sp³-hybridized carbons (Fsp3) is 0.462. The van der Waals surface area contributed by atoms with Crippen molar-refractivity contribution in [2.24, 2.45) is 11.3 Å². The number of nitrogen functional groups attached to an aromatic ring is 1. The highest BCUT2D eigenvalue weighted by Gasteiger charge is 2.45. The van der Waals surface area contributed by atoms with Crippen molar-refractivity contribution in [3.05, 3.63) is 24.3 Å². The number of aromatic nitrogens is 2. The largest absolute Gasteiger partial charge is 0.369 e. The Morgan fingerprint density at radius 2 is 2.12 bits per heavy atom. The fourth-order valence-corrected chi connectivity index (χ4v) is 2.39. The topological polar surface area (TPSA) is 43.8 Å². The van der Waals surface area contributed by atoms with Crippen molar-refractivity contribution in [2.45, 2.75) is 26.8 Å². The average Bonchev–Trinajstić information content (AvgIpc) is 2.69. The van der Waals surface area contributed by atoms with E-state index < -0.39 is 0 Å². The van der Waals surface area contributed by atoms with Crippen LogP contribution in [0.3, 0.4) is 0 Å². The maximum atomic E-state index is 5.97. The Balaban J connectivity index is 2.00. The Labute approximate surface area is 95.3 Å². The molecule has 84 valence electrons. The zero-order valence-electron chi connectivity index (χ0n) is 9.77. The smallest absolute Gasteiger partial charge is 0.201 e. The normalized spacial score (nSPS) is 22.5. The zero-order chi connectivity index (χ0) is 11.3. The van der Waals surface area contributed by atoms with E-state index in [0.717, 1.165) is 23.5 Å². The maximum Gasteiger partial charge on any atom is 0.201 e. The zero-order valence-corrected chi connectivity index (χ0v) is 9.77. The number of hydrogen-bond donors (Lipinski definition) is 1. The van der Waals surface area contributed by atoms with Gasteiger partial charge in [0.1, 0.15) is 0 Å². The molecule has 1 saturated carbocycles. The number of anilines is 1. The summed E-state index contributed by atoms with van der Waals surface area (Å²) in [6.45, 7) is 5.62. The summed E-state index contributed by atoms with van der Waals surface area (Å²) in [6.07, 6.45) is 1.29. The minimum Gasteiger partial charge on any atom is -0.369 e. The monoisotopic (exact) mass is 215 g/mol. The third-order valence-electron chi connectivity index (χ3n) is 3.80. The van der Waals surface area contributed by atoms with Crippen LogP contribution in [-0.2, 0) is 6.54 Å². The lowest BCUT2D eigenvalue weighted by Crippen LogP contribution is -2.07. The van der Waals surface area contributed by atoms with Crippen LogP contribution in [0, 0.1) is 11.3 Å². The van der Waals surface area contributed by atoms with Crippen molar-refractivity contribution in [3.63, 3.8) is 0 Å². The first-order valence-corrected chi connectivity index (χ1v) is 5.79. The number of hydrogen-bond acceptors (Lipinski definition) is 2. The predicted molar refractivity (Wildman–Crippen MR) is 66.0 cm³/mol. The third-order valence-corrected chi connectivity index (χ3v) is 3.80. The first-order valence-electron chi connectivity index (χ1n) is 5.79. The molecule has 0 bridgehead atoms. The first kappa shape index (κ1) is 9.70. The van der Waals surface area contributed by atoms with Gasteiger partial charge in [-0.1, -0.05) is 26.0 Å². The van der Waals surface area contributed by atoms with Gasteiger partial charge in [-0.3, -0.25) is 0 Å². The number of nitrogens with zero attached hydrogens (tertiary/aromatic N) is 2. The molecule has 0 radical (unpaired) electrons. The second kappa shape index (κ2) is 3.00. The Morgan fingerprint density at radius 3 is 2.81 bits per heavy atom. The molecule has 1 heterocycles. The Morgan fingerprint density at radius 1 is 1.44 bits per heavy atom. The second-order valence-electron chi connectivity index (χ2n) is 5.46. The van der Waals surface area contributed by atoms with Crippen LogP contribution in [0.4, 0.5) is 5.95 Å². The molecule has 0 amide bonds. The molecule has 1 aliphatic rings. The molecule has 1 aromatic heterocycles. The fourth-order valence-electron chi connectivity index (χ4n) is 2.39. The van der Waals surface area contributed by atoms with Gasteiger partial charge in [0.25, 0.3) is 0 Å². The van der Waals surface area contributed by atoms with Gasteiger partial charge in [-0.05, 0) is 29.9 Å². The molecule has 3 nitrogen and oxygen atoms in total. The molecular formula is C13H17N3. The molecule has 16 heavy (non-hydrogen) atoms. The van der Waals surface area contributed by atoms with E-state index in [1.165, 1.54) is 6.42 Å². The highest BCUT2D eigenvalue weighted by Crippen LogP contribution is 2.52. The van der Waals surface area contributed by atoms with Crippen LogP contribution in [0.25, 0.3) is 11.0 Å². The van der Waals surface area contributed by atoms with Gasteiger partial charge in [-0.15, -0.1) is 0 Å². The van der Waals surface area contributed by atoms with Crippen LogP contribution >= 0.6 is 0 Å². The van der Waals surface area contributed by atoms with Gasteiger partial charge < -0.3 is 10.3 Å². The molecule has 1 aromatic carbocycles. The van der Waals surface area contributed by atoms with Gasteiger partial charge in [0.2, 0.25) is 5.95 Å². The molecule has 1 fully saturated rings. The summed E-state index contributed by atoms with van der Waals surface area (Å²) >= 11 is 0. The maximum absolute atomic E-state index is 5.97. The number of rotatable bonds is 2. The molecule has 1 aliphatic carbocycles. The molecule has 0 aliphatic heterocycles. The van der Waals surface area contributed by atoms with Gasteiger partial charge in [-0.2, -0.15) is 0 Å². The van der Waals surface area contributed by atoms with E-state index in [9.17, 15) is 0 Å². The molecule has 2 N–H and O–H groups in total. The van der Waals surface area contributed by atoms with Crippen LogP contribution in [0.2, 0.25) is 0 Å². The lowest BCUT2D eigenvalue weighted by Gasteiger charge is -2.07. The van der Waals surface area contributed by atoms with Gasteiger partial charge in [-0.25, -0.2) is 4.98 Å². The summed E-state index contributed by atoms with van der Waals surface area (Å²) in [4.78, 5) is 4.38. The number of nitrogens with two attached hydrogens (primary N) is 1. The quantitative estimate of drug-likeness (QED) is 0.837. The van der Waals surface area contributed by atoms with Gasteiger partial charge in [0.05, 0.1) is 11.0 Å². The van der Waals surface area contributed by atoms with E-state index in [1.54, 1.807) is 0 Å². The Kier molecular flexibility index (Phi) is 1.82. The standard InChI is InChI=1S/C13H17N3/c1-13(2)7-9(13)8-16-11-6-4-3-5-10(11)15-12(16)14/h3-6,9H,7-8H2,1-2H3,(H2,14,15). The molecule has 3 heteroatoms. The number of para-hydroxylation sites is 2. The van der Waals surface area contributed by atoms with Crippen LogP contribution in [0.15, 0.2) is 24.3 Å². The molecule has 0 spiro atoms. The summed E-state index contributed by atoms with van der Waals surface area (Å²) in [7, 11) is 0. The molecule has 3 rings (SSSR count). The molecule has 1 unspecified atom stereocenters. The van der Waals surface area contributed by atoms with Crippen LogP contribution in [0.5, 0.6) is 0 Å². The van der Waals surface area contributed by atoms with Gasteiger partial charge >= 0.3 is 0 Å². The van der Waals surface area contributed by atoms with Crippen LogP contribution in [-0.4, -0.2) is 9.55 Å². The SMILES string of the molecule is CC1(C)CC1Cn1c(N)nc2ccccc21. The summed E-state index contributed by atoms with van der Waals surface area (Å²) in [5.41, 5.74) is 8.61. The highest BCUT2D eigenvalue weighted by molar-refractivity contribution is 5.78. The van der Waals surface area contributed by atoms with E-state index in [2.05, 4.69) is 29.5 Å². The number of benzene rings is 1.